The van der Waals surface area contributed by atoms with Crippen molar-refractivity contribution in [3.8, 4) is 39.9 Å². The minimum absolute atomic E-state index is 0.0207. The van der Waals surface area contributed by atoms with Gasteiger partial charge in [0.25, 0.3) is 0 Å². The van der Waals surface area contributed by atoms with Gasteiger partial charge >= 0.3 is 12.4 Å². The summed E-state index contributed by atoms with van der Waals surface area (Å²) in [4.78, 5) is 26.2. The van der Waals surface area contributed by atoms with Gasteiger partial charge in [0, 0.05) is 28.7 Å². The SMILES string of the molecule is Cc1ccc(C(=O)c2ccc(Oc3ccc(C(c4ccc(Oc5ccc(C(=O)c6ccc(-c7ccc(C)c(OC8CCCCO8)c7)cc6)cc5)cc4)(C(F)(F)F)C(F)(F)F)cc3)cc2)cc1. The van der Waals surface area contributed by atoms with Crippen molar-refractivity contribution in [2.75, 3.05) is 6.61 Å². The molecule has 0 radical (unpaired) electrons. The molecule has 1 aliphatic rings. The first kappa shape index (κ1) is 45.4. The van der Waals surface area contributed by atoms with Gasteiger partial charge in [-0.25, -0.2) is 0 Å². The Morgan fingerprint density at radius 3 is 1.30 bits per heavy atom. The molecule has 1 heterocycles. The highest BCUT2D eigenvalue weighted by Gasteiger charge is 2.72. The summed E-state index contributed by atoms with van der Waals surface area (Å²) in [6.45, 7) is 4.54. The van der Waals surface area contributed by atoms with Crippen molar-refractivity contribution in [1.82, 2.24) is 0 Å². The number of ketones is 2. The summed E-state index contributed by atoms with van der Waals surface area (Å²) in [7, 11) is 0. The average Bonchev–Trinajstić information content (AvgIpc) is 3.31. The van der Waals surface area contributed by atoms with Crippen LogP contribution in [0.3, 0.4) is 0 Å². The van der Waals surface area contributed by atoms with E-state index in [-0.39, 0.29) is 40.9 Å². The number of alkyl halides is 6. The molecule has 66 heavy (non-hydrogen) atoms. The Kier molecular flexibility index (Phi) is 12.9. The van der Waals surface area contributed by atoms with Gasteiger partial charge in [0.15, 0.2) is 17.9 Å². The van der Waals surface area contributed by atoms with Crippen molar-refractivity contribution in [3.63, 3.8) is 0 Å². The zero-order valence-corrected chi connectivity index (χ0v) is 35.7. The molecule has 1 aliphatic heterocycles. The number of ether oxygens (including phenoxy) is 4. The number of hydrogen-bond donors (Lipinski definition) is 0. The van der Waals surface area contributed by atoms with E-state index in [0.29, 0.717) is 28.9 Å². The van der Waals surface area contributed by atoms with Gasteiger partial charge in [0.1, 0.15) is 28.7 Å². The van der Waals surface area contributed by atoms with E-state index in [0.717, 1.165) is 95.8 Å². The molecule has 0 bridgehead atoms. The van der Waals surface area contributed by atoms with Gasteiger partial charge in [-0.05, 0) is 133 Å². The summed E-state index contributed by atoms with van der Waals surface area (Å²) in [5.74, 6) is 0.602. The molecule has 0 amide bonds. The lowest BCUT2D eigenvalue weighted by Gasteiger charge is -2.38. The third-order valence-corrected chi connectivity index (χ3v) is 11.5. The van der Waals surface area contributed by atoms with Crippen LogP contribution >= 0.6 is 0 Å². The summed E-state index contributed by atoms with van der Waals surface area (Å²) in [5.41, 5.74) is -1.17. The number of halogens is 6. The lowest BCUT2D eigenvalue weighted by Crippen LogP contribution is -2.54. The predicted octanol–water partition coefficient (Wildman–Crippen LogP) is 14.3. The fourth-order valence-corrected chi connectivity index (χ4v) is 7.85. The monoisotopic (exact) mass is 900 g/mol. The van der Waals surface area contributed by atoms with Crippen LogP contribution in [0.1, 0.15) is 73.4 Å². The van der Waals surface area contributed by atoms with Crippen LogP contribution in [-0.4, -0.2) is 36.8 Å². The second kappa shape index (κ2) is 18.7. The molecule has 0 aromatic heterocycles. The van der Waals surface area contributed by atoms with Crippen LogP contribution in [0.2, 0.25) is 0 Å². The Labute approximate surface area is 377 Å². The second-order valence-corrected chi connectivity index (χ2v) is 16.0. The van der Waals surface area contributed by atoms with E-state index < -0.39 is 28.9 Å². The fraction of sp³-hybridized carbons (Fsp3) is 0.185. The maximum Gasteiger partial charge on any atom is 0.411 e. The first-order chi connectivity index (χ1) is 31.6. The molecule has 12 heteroatoms. The second-order valence-electron chi connectivity index (χ2n) is 16.0. The van der Waals surface area contributed by atoms with E-state index in [9.17, 15) is 35.9 Å². The zero-order valence-electron chi connectivity index (χ0n) is 35.7. The molecule has 8 rings (SSSR count). The minimum Gasteiger partial charge on any atom is -0.465 e. The van der Waals surface area contributed by atoms with Gasteiger partial charge in [0.2, 0.25) is 5.41 Å². The Balaban J connectivity index is 0.937. The van der Waals surface area contributed by atoms with Crippen molar-refractivity contribution < 1.29 is 54.9 Å². The zero-order chi connectivity index (χ0) is 46.6. The highest BCUT2D eigenvalue weighted by molar-refractivity contribution is 6.09. The van der Waals surface area contributed by atoms with Gasteiger partial charge in [-0.2, -0.15) is 26.3 Å². The summed E-state index contributed by atoms with van der Waals surface area (Å²) in [5, 5.41) is 0. The molecule has 336 valence electrons. The summed E-state index contributed by atoms with van der Waals surface area (Å²) in [6, 6.07) is 39.1. The molecular formula is C54H42F6O6. The van der Waals surface area contributed by atoms with Crippen molar-refractivity contribution in [3.05, 3.63) is 208 Å². The van der Waals surface area contributed by atoms with Crippen LogP contribution in [0, 0.1) is 13.8 Å². The summed E-state index contributed by atoms with van der Waals surface area (Å²) < 4.78 is 113. The molecule has 1 saturated heterocycles. The quantitative estimate of drug-likeness (QED) is 0.0848. The van der Waals surface area contributed by atoms with Gasteiger partial charge in [-0.1, -0.05) is 90.5 Å². The van der Waals surface area contributed by atoms with E-state index in [1.54, 1.807) is 24.3 Å². The Morgan fingerprint density at radius 2 is 0.894 bits per heavy atom. The Hall–Kier alpha value is -7.18. The molecule has 1 fully saturated rings. The predicted molar refractivity (Wildman–Crippen MR) is 238 cm³/mol. The van der Waals surface area contributed by atoms with Crippen LogP contribution in [0.4, 0.5) is 26.3 Å². The highest BCUT2D eigenvalue weighted by Crippen LogP contribution is 2.56. The van der Waals surface area contributed by atoms with Crippen LogP contribution in [0.5, 0.6) is 28.7 Å². The normalized spacial score (nSPS) is 14.3. The maximum atomic E-state index is 15.0. The fourth-order valence-electron chi connectivity index (χ4n) is 7.85. The van der Waals surface area contributed by atoms with E-state index in [1.165, 1.54) is 48.5 Å². The van der Waals surface area contributed by atoms with E-state index in [1.807, 2.05) is 56.3 Å². The smallest absolute Gasteiger partial charge is 0.411 e. The van der Waals surface area contributed by atoms with E-state index in [4.69, 9.17) is 18.9 Å². The van der Waals surface area contributed by atoms with E-state index >= 15 is 0 Å². The average molecular weight is 901 g/mol. The topological polar surface area (TPSA) is 71.1 Å². The van der Waals surface area contributed by atoms with Gasteiger partial charge in [-0.15, -0.1) is 0 Å². The lowest BCUT2D eigenvalue weighted by atomic mass is 9.73. The summed E-state index contributed by atoms with van der Waals surface area (Å²) in [6.07, 6.45) is -9.03. The standard InChI is InChI=1S/C54H42F6O6/c1-34-6-9-37(10-7-34)50(61)39-16-24-44(25-17-39)64-46-28-20-42(21-29-46)52(53(55,56)57,54(58,59)60)43-22-30-47(31-23-43)65-45-26-18-40(19-27-45)51(62)38-14-12-36(13-15-38)41-11-8-35(2)48(33-41)66-49-5-3-4-32-63-49/h6-31,33,49H,3-5,32H2,1-2H3. The molecule has 0 N–H and O–H groups in total. The van der Waals surface area contributed by atoms with E-state index in [2.05, 4.69) is 0 Å². The van der Waals surface area contributed by atoms with Crippen molar-refractivity contribution >= 4 is 11.6 Å². The van der Waals surface area contributed by atoms with Crippen LogP contribution in [0.15, 0.2) is 164 Å². The van der Waals surface area contributed by atoms with Gasteiger partial charge in [0.05, 0.1) is 6.61 Å². The molecule has 0 spiro atoms. The Morgan fingerprint density at radius 1 is 0.500 bits per heavy atom. The van der Waals surface area contributed by atoms with Crippen molar-refractivity contribution in [1.29, 1.82) is 0 Å². The maximum absolute atomic E-state index is 15.0. The Bertz CT molecular complexity index is 2780. The number of carbonyl (C=O) groups excluding carboxylic acids is 2. The largest absolute Gasteiger partial charge is 0.465 e. The lowest BCUT2D eigenvalue weighted by molar-refractivity contribution is -0.288. The minimum atomic E-state index is -5.82. The van der Waals surface area contributed by atoms with Crippen molar-refractivity contribution in [2.24, 2.45) is 0 Å². The van der Waals surface area contributed by atoms with Gasteiger partial charge in [-0.3, -0.25) is 9.59 Å². The number of carbonyl (C=O) groups is 2. The molecule has 1 atom stereocenters. The number of rotatable bonds is 13. The number of hydrogen-bond acceptors (Lipinski definition) is 6. The molecule has 0 aliphatic carbocycles. The highest BCUT2D eigenvalue weighted by atomic mass is 19.4. The molecule has 7 aromatic carbocycles. The van der Waals surface area contributed by atoms with Crippen LogP contribution in [-0.2, 0) is 10.2 Å². The third kappa shape index (κ3) is 9.60. The molecule has 6 nitrogen and oxygen atoms in total. The third-order valence-electron chi connectivity index (χ3n) is 11.5. The van der Waals surface area contributed by atoms with Crippen LogP contribution in [0.25, 0.3) is 11.1 Å². The van der Waals surface area contributed by atoms with Crippen molar-refractivity contribution in [2.45, 2.75) is 57.2 Å². The first-order valence-corrected chi connectivity index (χ1v) is 21.1. The molecule has 7 aromatic rings. The first-order valence-electron chi connectivity index (χ1n) is 21.1. The number of aryl methyl sites for hydroxylation is 2. The number of benzene rings is 7. The summed E-state index contributed by atoms with van der Waals surface area (Å²) >= 11 is 0. The molecule has 0 saturated carbocycles. The van der Waals surface area contributed by atoms with Crippen LogP contribution < -0.4 is 14.2 Å². The van der Waals surface area contributed by atoms with Gasteiger partial charge < -0.3 is 18.9 Å². The molecule has 1 unspecified atom stereocenters. The molecular weight excluding hydrogens is 859 g/mol.